The minimum Gasteiger partial charge on any atom is -0.298 e. The van der Waals surface area contributed by atoms with E-state index in [1.54, 1.807) is 28.8 Å². The minimum atomic E-state index is -0.152. The van der Waals surface area contributed by atoms with E-state index < -0.39 is 0 Å². The number of benzene rings is 2. The Hall–Kier alpha value is -2.11. The third-order valence-corrected chi connectivity index (χ3v) is 5.81. The Morgan fingerprint density at radius 3 is 2.72 bits per heavy atom. The number of hydrogen-bond acceptors (Lipinski definition) is 4. The van der Waals surface area contributed by atoms with E-state index in [2.05, 4.69) is 4.98 Å². The van der Waals surface area contributed by atoms with Crippen molar-refractivity contribution >= 4 is 40.0 Å². The summed E-state index contributed by atoms with van der Waals surface area (Å²) in [4.78, 5) is 29.8. The Bertz CT molecular complexity index is 1030. The SMILES string of the molecule is O=C1CCC[C@@H]1Sc1nc2ccccc2c(=O)n1-c1cccc(Cl)c1. The number of Topliss-reactive ketones (excluding diaryl/α,β-unsaturated/α-hetero) is 1. The number of nitrogens with zero attached hydrogens (tertiary/aromatic N) is 2. The predicted molar refractivity (Wildman–Crippen MR) is 101 cm³/mol. The first-order chi connectivity index (χ1) is 12.1. The summed E-state index contributed by atoms with van der Waals surface area (Å²) >= 11 is 7.49. The van der Waals surface area contributed by atoms with Crippen molar-refractivity contribution in [2.75, 3.05) is 0 Å². The molecule has 1 aliphatic carbocycles. The molecule has 4 nitrogen and oxygen atoms in total. The van der Waals surface area contributed by atoms with E-state index >= 15 is 0 Å². The van der Waals surface area contributed by atoms with Crippen molar-refractivity contribution in [3.8, 4) is 5.69 Å². The fourth-order valence-corrected chi connectivity index (χ4v) is 4.49. The lowest BCUT2D eigenvalue weighted by Gasteiger charge is -2.15. The number of hydrogen-bond donors (Lipinski definition) is 0. The summed E-state index contributed by atoms with van der Waals surface area (Å²) in [5.74, 6) is 0.227. The van der Waals surface area contributed by atoms with Crippen molar-refractivity contribution in [3.05, 3.63) is 63.9 Å². The van der Waals surface area contributed by atoms with Crippen LogP contribution >= 0.6 is 23.4 Å². The van der Waals surface area contributed by atoms with Crippen LogP contribution in [0.15, 0.2) is 58.5 Å². The molecule has 0 unspecified atom stereocenters. The second kappa shape index (κ2) is 6.65. The number of carbonyl (C=O) groups excluding carboxylic acids is 1. The van der Waals surface area contributed by atoms with Crippen molar-refractivity contribution < 1.29 is 4.79 Å². The van der Waals surface area contributed by atoms with E-state index in [0.29, 0.717) is 33.2 Å². The highest BCUT2D eigenvalue weighted by Gasteiger charge is 2.27. The molecule has 1 heterocycles. The minimum absolute atomic E-state index is 0.140. The van der Waals surface area contributed by atoms with Crippen LogP contribution in [0.4, 0.5) is 0 Å². The van der Waals surface area contributed by atoms with Crippen molar-refractivity contribution in [2.24, 2.45) is 0 Å². The molecule has 0 saturated heterocycles. The van der Waals surface area contributed by atoms with Gasteiger partial charge in [-0.1, -0.05) is 41.6 Å². The molecular weight excluding hydrogens is 356 g/mol. The predicted octanol–water partition coefficient (Wildman–Crippen LogP) is 4.25. The van der Waals surface area contributed by atoms with Crippen molar-refractivity contribution in [2.45, 2.75) is 29.7 Å². The quantitative estimate of drug-likeness (QED) is 0.646. The molecule has 0 bridgehead atoms. The molecule has 0 aliphatic heterocycles. The van der Waals surface area contributed by atoms with Gasteiger partial charge >= 0.3 is 0 Å². The van der Waals surface area contributed by atoms with Gasteiger partial charge in [0.25, 0.3) is 5.56 Å². The zero-order chi connectivity index (χ0) is 17.4. The first-order valence-electron chi connectivity index (χ1n) is 8.10. The summed E-state index contributed by atoms with van der Waals surface area (Å²) in [7, 11) is 0. The average Bonchev–Trinajstić information content (AvgIpc) is 3.00. The highest BCUT2D eigenvalue weighted by atomic mass is 35.5. The number of carbonyl (C=O) groups is 1. The van der Waals surface area contributed by atoms with Crippen LogP contribution in [0.3, 0.4) is 0 Å². The molecule has 2 aromatic carbocycles. The largest absolute Gasteiger partial charge is 0.298 e. The fraction of sp³-hybridized carbons (Fsp3) is 0.211. The second-order valence-electron chi connectivity index (χ2n) is 6.00. The zero-order valence-corrected chi connectivity index (χ0v) is 14.9. The molecule has 0 radical (unpaired) electrons. The molecular formula is C19H15ClN2O2S. The summed E-state index contributed by atoms with van der Waals surface area (Å²) in [6, 6.07) is 14.4. The molecule has 0 N–H and O–H groups in total. The molecule has 0 amide bonds. The number of para-hydroxylation sites is 1. The molecule has 1 aliphatic rings. The molecule has 3 aromatic rings. The van der Waals surface area contributed by atoms with Crippen molar-refractivity contribution in [1.82, 2.24) is 9.55 Å². The number of ketones is 1. The lowest BCUT2D eigenvalue weighted by Crippen LogP contribution is -2.23. The first-order valence-corrected chi connectivity index (χ1v) is 9.36. The Morgan fingerprint density at radius 1 is 1.12 bits per heavy atom. The smallest absolute Gasteiger partial charge is 0.266 e. The van der Waals surface area contributed by atoms with Crippen LogP contribution in [-0.2, 0) is 4.79 Å². The van der Waals surface area contributed by atoms with E-state index in [1.165, 1.54) is 11.8 Å². The monoisotopic (exact) mass is 370 g/mol. The molecule has 1 atom stereocenters. The van der Waals surface area contributed by atoms with Crippen LogP contribution in [0, 0.1) is 0 Å². The lowest BCUT2D eigenvalue weighted by molar-refractivity contribution is -0.116. The Balaban J connectivity index is 1.94. The van der Waals surface area contributed by atoms with Crippen LogP contribution < -0.4 is 5.56 Å². The maximum absolute atomic E-state index is 13.1. The number of fused-ring (bicyclic) bond motifs is 1. The van der Waals surface area contributed by atoms with Crippen molar-refractivity contribution in [1.29, 1.82) is 0 Å². The van der Waals surface area contributed by atoms with Gasteiger partial charge in [-0.15, -0.1) is 0 Å². The third kappa shape index (κ3) is 3.10. The van der Waals surface area contributed by atoms with E-state index in [9.17, 15) is 9.59 Å². The van der Waals surface area contributed by atoms with E-state index in [4.69, 9.17) is 11.6 Å². The molecule has 0 spiro atoms. The highest BCUT2D eigenvalue weighted by Crippen LogP contribution is 2.33. The van der Waals surface area contributed by atoms with Gasteiger partial charge in [-0.2, -0.15) is 0 Å². The number of aromatic nitrogens is 2. The fourth-order valence-electron chi connectivity index (χ4n) is 3.07. The van der Waals surface area contributed by atoms with Crippen LogP contribution in [0.5, 0.6) is 0 Å². The third-order valence-electron chi connectivity index (χ3n) is 4.31. The summed E-state index contributed by atoms with van der Waals surface area (Å²) in [6.45, 7) is 0. The first kappa shape index (κ1) is 16.4. The number of rotatable bonds is 3. The van der Waals surface area contributed by atoms with Crippen molar-refractivity contribution in [3.63, 3.8) is 0 Å². The van der Waals surface area contributed by atoms with Crippen LogP contribution in [0.25, 0.3) is 16.6 Å². The van der Waals surface area contributed by atoms with E-state index in [-0.39, 0.29) is 16.6 Å². The molecule has 6 heteroatoms. The van der Waals surface area contributed by atoms with Gasteiger partial charge in [0.2, 0.25) is 0 Å². The van der Waals surface area contributed by atoms with Gasteiger partial charge < -0.3 is 0 Å². The normalized spacial score (nSPS) is 17.3. The summed E-state index contributed by atoms with van der Waals surface area (Å²) in [6.07, 6.45) is 2.32. The van der Waals surface area contributed by atoms with Gasteiger partial charge in [-0.05, 0) is 43.2 Å². The number of thioether (sulfide) groups is 1. The average molecular weight is 371 g/mol. The molecule has 1 fully saturated rings. The zero-order valence-electron chi connectivity index (χ0n) is 13.3. The Labute approximate surface area is 153 Å². The van der Waals surface area contributed by atoms with E-state index in [1.807, 2.05) is 24.3 Å². The maximum Gasteiger partial charge on any atom is 0.266 e. The summed E-state index contributed by atoms with van der Waals surface area (Å²) in [5.41, 5.74) is 1.14. The summed E-state index contributed by atoms with van der Waals surface area (Å²) in [5, 5.41) is 1.49. The van der Waals surface area contributed by atoms with Gasteiger partial charge in [-0.3, -0.25) is 14.2 Å². The summed E-state index contributed by atoms with van der Waals surface area (Å²) < 4.78 is 1.56. The van der Waals surface area contributed by atoms with Gasteiger partial charge in [-0.25, -0.2) is 4.98 Å². The second-order valence-corrected chi connectivity index (χ2v) is 7.60. The topological polar surface area (TPSA) is 52.0 Å². The molecule has 25 heavy (non-hydrogen) atoms. The van der Waals surface area contributed by atoms with Gasteiger partial charge in [0.1, 0.15) is 5.78 Å². The van der Waals surface area contributed by atoms with Crippen LogP contribution in [0.2, 0.25) is 5.02 Å². The highest BCUT2D eigenvalue weighted by molar-refractivity contribution is 8.00. The molecule has 1 saturated carbocycles. The standard InChI is InChI=1S/C19H15ClN2O2S/c20-12-5-3-6-13(11-12)22-18(24)14-7-1-2-8-15(14)21-19(22)25-17-10-4-9-16(17)23/h1-3,5-8,11,17H,4,9-10H2/t17-/m0/s1. The molecule has 4 rings (SSSR count). The lowest BCUT2D eigenvalue weighted by atomic mass is 10.2. The van der Waals surface area contributed by atoms with Crippen LogP contribution in [0.1, 0.15) is 19.3 Å². The van der Waals surface area contributed by atoms with Gasteiger partial charge in [0.15, 0.2) is 5.16 Å². The molecule has 1 aromatic heterocycles. The maximum atomic E-state index is 13.1. The Morgan fingerprint density at radius 2 is 1.96 bits per heavy atom. The Kier molecular flexibility index (Phi) is 4.36. The van der Waals surface area contributed by atoms with E-state index in [0.717, 1.165) is 12.8 Å². The number of halogens is 1. The van der Waals surface area contributed by atoms with Crippen LogP contribution in [-0.4, -0.2) is 20.6 Å². The van der Waals surface area contributed by atoms with Gasteiger partial charge in [0.05, 0.1) is 21.8 Å². The van der Waals surface area contributed by atoms with Gasteiger partial charge in [0, 0.05) is 11.4 Å². The molecule has 126 valence electrons.